The molecule has 108 valence electrons. The van der Waals surface area contributed by atoms with Crippen LogP contribution in [0.2, 0.25) is 0 Å². The van der Waals surface area contributed by atoms with Gasteiger partial charge in [-0.3, -0.25) is 4.90 Å². The zero-order valence-electron chi connectivity index (χ0n) is 12.7. The van der Waals surface area contributed by atoms with Crippen LogP contribution in [-0.4, -0.2) is 38.4 Å². The minimum atomic E-state index is 0.160. The maximum atomic E-state index is 5.67. The van der Waals surface area contributed by atoms with Crippen LogP contribution in [0.15, 0.2) is 24.3 Å². The van der Waals surface area contributed by atoms with Gasteiger partial charge in [-0.15, -0.1) is 0 Å². The van der Waals surface area contributed by atoms with Crippen LogP contribution in [0.25, 0.3) is 0 Å². The highest BCUT2D eigenvalue weighted by Gasteiger charge is 2.16. The highest BCUT2D eigenvalue weighted by atomic mass is 16.5. The summed E-state index contributed by atoms with van der Waals surface area (Å²) >= 11 is 0. The van der Waals surface area contributed by atoms with Gasteiger partial charge in [0.15, 0.2) is 0 Å². The Morgan fingerprint density at radius 1 is 1.00 bits per heavy atom. The first-order valence-corrected chi connectivity index (χ1v) is 7.14. The molecule has 1 rings (SSSR count). The lowest BCUT2D eigenvalue weighted by Gasteiger charge is -2.30. The summed E-state index contributed by atoms with van der Waals surface area (Å²) in [4.78, 5) is 2.42. The number of rotatable bonds is 9. The second-order valence-corrected chi connectivity index (χ2v) is 4.78. The largest absolute Gasteiger partial charge is 0.497 e. The van der Waals surface area contributed by atoms with Gasteiger partial charge < -0.3 is 9.47 Å². The summed E-state index contributed by atoms with van der Waals surface area (Å²) < 4.78 is 10.9. The van der Waals surface area contributed by atoms with Crippen molar-refractivity contribution in [2.45, 2.75) is 39.3 Å². The Hall–Kier alpha value is -1.06. The van der Waals surface area contributed by atoms with E-state index in [1.54, 1.807) is 14.2 Å². The van der Waals surface area contributed by atoms with Crippen molar-refractivity contribution in [3.8, 4) is 5.75 Å². The molecule has 0 aliphatic heterocycles. The zero-order valence-corrected chi connectivity index (χ0v) is 12.7. The summed E-state index contributed by atoms with van der Waals surface area (Å²) in [6.07, 6.45) is 3.39. The van der Waals surface area contributed by atoms with E-state index in [0.717, 1.165) is 38.1 Å². The van der Waals surface area contributed by atoms with Gasteiger partial charge in [0, 0.05) is 26.6 Å². The molecule has 0 bridgehead atoms. The minimum Gasteiger partial charge on any atom is -0.497 e. The number of benzene rings is 1. The molecule has 0 N–H and O–H groups in total. The Kier molecular flexibility index (Phi) is 7.53. The molecule has 1 aromatic carbocycles. The van der Waals surface area contributed by atoms with E-state index in [9.17, 15) is 0 Å². The van der Waals surface area contributed by atoms with E-state index in [2.05, 4.69) is 30.9 Å². The van der Waals surface area contributed by atoms with E-state index < -0.39 is 0 Å². The first-order valence-electron chi connectivity index (χ1n) is 7.14. The minimum absolute atomic E-state index is 0.160. The van der Waals surface area contributed by atoms with Crippen molar-refractivity contribution < 1.29 is 9.47 Å². The highest BCUT2D eigenvalue weighted by Crippen LogP contribution is 2.15. The molecule has 0 saturated heterocycles. The van der Waals surface area contributed by atoms with Crippen molar-refractivity contribution in [3.05, 3.63) is 29.8 Å². The molecule has 19 heavy (non-hydrogen) atoms. The Balaban J connectivity index is 2.67. The third-order valence-corrected chi connectivity index (χ3v) is 3.27. The van der Waals surface area contributed by atoms with Crippen LogP contribution in [0.5, 0.6) is 5.75 Å². The molecule has 0 aliphatic rings. The first-order chi connectivity index (χ1) is 9.24. The molecular weight excluding hydrogens is 238 g/mol. The third-order valence-electron chi connectivity index (χ3n) is 3.27. The Labute approximate surface area is 117 Å². The van der Waals surface area contributed by atoms with Crippen LogP contribution in [0.1, 0.15) is 32.3 Å². The average Bonchev–Trinajstić information content (AvgIpc) is 2.45. The summed E-state index contributed by atoms with van der Waals surface area (Å²) in [5.74, 6) is 0.900. The smallest absolute Gasteiger partial charge is 0.118 e. The van der Waals surface area contributed by atoms with Crippen molar-refractivity contribution in [1.82, 2.24) is 4.90 Å². The molecule has 0 aliphatic carbocycles. The van der Waals surface area contributed by atoms with Crippen molar-refractivity contribution in [2.75, 3.05) is 27.3 Å². The topological polar surface area (TPSA) is 21.7 Å². The SMILES string of the molecule is CCCN(CCC)C(Cc1ccc(OC)cc1)OC. The van der Waals surface area contributed by atoms with E-state index in [1.165, 1.54) is 5.56 Å². The van der Waals surface area contributed by atoms with Crippen molar-refractivity contribution in [1.29, 1.82) is 0 Å². The van der Waals surface area contributed by atoms with Crippen molar-refractivity contribution in [2.24, 2.45) is 0 Å². The molecule has 1 atom stereocenters. The van der Waals surface area contributed by atoms with Crippen LogP contribution in [0.4, 0.5) is 0 Å². The van der Waals surface area contributed by atoms with Gasteiger partial charge in [-0.1, -0.05) is 26.0 Å². The second-order valence-electron chi connectivity index (χ2n) is 4.78. The highest BCUT2D eigenvalue weighted by molar-refractivity contribution is 5.27. The number of ether oxygens (including phenoxy) is 2. The average molecular weight is 265 g/mol. The van der Waals surface area contributed by atoms with Crippen LogP contribution in [-0.2, 0) is 11.2 Å². The van der Waals surface area contributed by atoms with Crippen LogP contribution >= 0.6 is 0 Å². The molecule has 0 saturated carbocycles. The zero-order chi connectivity index (χ0) is 14.1. The van der Waals surface area contributed by atoms with E-state index in [-0.39, 0.29) is 6.23 Å². The van der Waals surface area contributed by atoms with E-state index in [0.29, 0.717) is 0 Å². The number of hydrogen-bond donors (Lipinski definition) is 0. The van der Waals surface area contributed by atoms with Gasteiger partial charge in [-0.05, 0) is 30.5 Å². The standard InChI is InChI=1S/C16H27NO2/c1-5-11-17(12-6-2)16(19-4)13-14-7-9-15(18-3)10-8-14/h7-10,16H,5-6,11-13H2,1-4H3. The Morgan fingerprint density at radius 3 is 2.00 bits per heavy atom. The van der Waals surface area contributed by atoms with Crippen LogP contribution in [0, 0.1) is 0 Å². The molecule has 0 radical (unpaired) electrons. The van der Waals surface area contributed by atoms with Gasteiger partial charge in [0.25, 0.3) is 0 Å². The van der Waals surface area contributed by atoms with E-state index >= 15 is 0 Å². The molecule has 1 unspecified atom stereocenters. The normalized spacial score (nSPS) is 12.7. The predicted molar refractivity (Wildman–Crippen MR) is 79.7 cm³/mol. The molecule has 0 fully saturated rings. The van der Waals surface area contributed by atoms with Gasteiger partial charge in [0.1, 0.15) is 12.0 Å². The van der Waals surface area contributed by atoms with Gasteiger partial charge in [0.2, 0.25) is 0 Å². The molecular formula is C16H27NO2. The number of hydrogen-bond acceptors (Lipinski definition) is 3. The Morgan fingerprint density at radius 2 is 1.58 bits per heavy atom. The van der Waals surface area contributed by atoms with Crippen molar-refractivity contribution >= 4 is 0 Å². The molecule has 3 nitrogen and oxygen atoms in total. The molecule has 0 aromatic heterocycles. The maximum Gasteiger partial charge on any atom is 0.118 e. The lowest BCUT2D eigenvalue weighted by Crippen LogP contribution is -2.39. The molecule has 3 heteroatoms. The second kappa shape index (κ2) is 8.94. The first kappa shape index (κ1) is 16.0. The van der Waals surface area contributed by atoms with Gasteiger partial charge in [-0.25, -0.2) is 0 Å². The fraction of sp³-hybridized carbons (Fsp3) is 0.625. The molecule has 0 spiro atoms. The van der Waals surface area contributed by atoms with E-state index in [4.69, 9.17) is 9.47 Å². The van der Waals surface area contributed by atoms with E-state index in [1.807, 2.05) is 12.1 Å². The predicted octanol–water partition coefficient (Wildman–Crippen LogP) is 3.33. The van der Waals surface area contributed by atoms with Crippen LogP contribution in [0.3, 0.4) is 0 Å². The fourth-order valence-electron chi connectivity index (χ4n) is 2.30. The molecule has 0 amide bonds. The lowest BCUT2D eigenvalue weighted by molar-refractivity contribution is -0.0316. The molecule has 0 heterocycles. The summed E-state index contributed by atoms with van der Waals surface area (Å²) in [6.45, 7) is 6.59. The quantitative estimate of drug-likeness (QED) is 0.639. The maximum absolute atomic E-state index is 5.67. The number of nitrogens with zero attached hydrogens (tertiary/aromatic N) is 1. The third kappa shape index (κ3) is 5.21. The summed E-state index contributed by atoms with van der Waals surface area (Å²) in [7, 11) is 3.49. The van der Waals surface area contributed by atoms with Crippen LogP contribution < -0.4 is 4.74 Å². The fourth-order valence-corrected chi connectivity index (χ4v) is 2.30. The number of methoxy groups -OCH3 is 2. The van der Waals surface area contributed by atoms with Gasteiger partial charge >= 0.3 is 0 Å². The summed E-state index contributed by atoms with van der Waals surface area (Å²) in [6, 6.07) is 8.24. The monoisotopic (exact) mass is 265 g/mol. The summed E-state index contributed by atoms with van der Waals surface area (Å²) in [5.41, 5.74) is 1.28. The Bertz CT molecular complexity index is 331. The summed E-state index contributed by atoms with van der Waals surface area (Å²) in [5, 5.41) is 0. The lowest BCUT2D eigenvalue weighted by atomic mass is 10.1. The van der Waals surface area contributed by atoms with Gasteiger partial charge in [-0.2, -0.15) is 0 Å². The van der Waals surface area contributed by atoms with Gasteiger partial charge in [0.05, 0.1) is 7.11 Å². The molecule has 1 aromatic rings. The van der Waals surface area contributed by atoms with Crippen molar-refractivity contribution in [3.63, 3.8) is 0 Å².